The third-order valence-electron chi connectivity index (χ3n) is 4.11. The molecule has 0 aromatic heterocycles. The average molecular weight is 416 g/mol. The molecule has 1 heterocycles. The van der Waals surface area contributed by atoms with Crippen LogP contribution in [-0.4, -0.2) is 50.6 Å². The van der Waals surface area contributed by atoms with Crippen LogP contribution >= 0.6 is 7.60 Å². The van der Waals surface area contributed by atoms with Crippen LogP contribution in [0.3, 0.4) is 0 Å². The minimum absolute atomic E-state index is 0.0650. The number of hydrogen-bond donors (Lipinski definition) is 1. The van der Waals surface area contributed by atoms with Gasteiger partial charge in [0.1, 0.15) is 11.9 Å². The monoisotopic (exact) mass is 416 g/mol. The van der Waals surface area contributed by atoms with Gasteiger partial charge in [-0.05, 0) is 38.0 Å². The molecular formula is C18H26FN2O6P. The second-order valence-corrected chi connectivity index (χ2v) is 8.43. The van der Waals surface area contributed by atoms with E-state index in [1.165, 1.54) is 17.9 Å². The SMILES string of the molecule is CCOP(=O)(CCc1ccc(N2C[C@H](CNC(C)=O)OC2=O)cc1F)OCC. The number of nitrogens with zero attached hydrogens (tertiary/aromatic N) is 1. The Balaban J connectivity index is 2.03. The van der Waals surface area contributed by atoms with E-state index in [1.807, 2.05) is 0 Å². The summed E-state index contributed by atoms with van der Waals surface area (Å²) in [5, 5.41) is 2.58. The lowest BCUT2D eigenvalue weighted by atomic mass is 10.1. The number of hydrogen-bond acceptors (Lipinski definition) is 6. The van der Waals surface area contributed by atoms with E-state index in [4.69, 9.17) is 13.8 Å². The van der Waals surface area contributed by atoms with E-state index in [2.05, 4.69) is 5.32 Å². The van der Waals surface area contributed by atoms with E-state index in [0.29, 0.717) is 11.3 Å². The maximum Gasteiger partial charge on any atom is 0.414 e. The van der Waals surface area contributed by atoms with Crippen molar-refractivity contribution in [2.24, 2.45) is 0 Å². The number of nitrogens with one attached hydrogen (secondary N) is 1. The highest BCUT2D eigenvalue weighted by atomic mass is 31.2. The van der Waals surface area contributed by atoms with E-state index in [9.17, 15) is 18.5 Å². The van der Waals surface area contributed by atoms with Crippen molar-refractivity contribution in [3.8, 4) is 0 Å². The first-order valence-corrected chi connectivity index (χ1v) is 10.9. The van der Waals surface area contributed by atoms with Crippen LogP contribution in [0.25, 0.3) is 0 Å². The normalized spacial score (nSPS) is 16.9. The van der Waals surface area contributed by atoms with Crippen molar-refractivity contribution >= 4 is 25.3 Å². The zero-order valence-corrected chi connectivity index (χ0v) is 17.2. The first kappa shape index (κ1) is 22.3. The van der Waals surface area contributed by atoms with E-state index in [1.54, 1.807) is 26.0 Å². The summed E-state index contributed by atoms with van der Waals surface area (Å²) in [6, 6.07) is 4.39. The average Bonchev–Trinajstić information content (AvgIpc) is 3.00. The molecule has 1 aliphatic heterocycles. The van der Waals surface area contributed by atoms with E-state index >= 15 is 0 Å². The van der Waals surface area contributed by atoms with Gasteiger partial charge in [-0.2, -0.15) is 0 Å². The molecule has 0 bridgehead atoms. The summed E-state index contributed by atoms with van der Waals surface area (Å²) >= 11 is 0. The fourth-order valence-corrected chi connectivity index (χ4v) is 4.45. The number of carbonyl (C=O) groups is 2. The van der Waals surface area contributed by atoms with Gasteiger partial charge in [0.05, 0.1) is 38.2 Å². The molecule has 2 rings (SSSR count). The largest absolute Gasteiger partial charge is 0.442 e. The van der Waals surface area contributed by atoms with Crippen LogP contribution in [0.5, 0.6) is 0 Å². The highest BCUT2D eigenvalue weighted by molar-refractivity contribution is 7.53. The molecule has 0 saturated carbocycles. The van der Waals surface area contributed by atoms with Gasteiger partial charge in [0.15, 0.2) is 0 Å². The number of cyclic esters (lactones) is 1. The van der Waals surface area contributed by atoms with Crippen molar-refractivity contribution in [1.82, 2.24) is 5.32 Å². The summed E-state index contributed by atoms with van der Waals surface area (Å²) in [7, 11) is -3.26. The Morgan fingerprint density at radius 1 is 1.36 bits per heavy atom. The van der Waals surface area contributed by atoms with Crippen molar-refractivity contribution in [2.45, 2.75) is 33.3 Å². The number of ether oxygens (including phenoxy) is 1. The Kier molecular flexibility index (Phi) is 7.98. The third kappa shape index (κ3) is 6.02. The summed E-state index contributed by atoms with van der Waals surface area (Å²) in [4.78, 5) is 24.3. The first-order valence-electron chi connectivity index (χ1n) is 9.17. The molecule has 10 heteroatoms. The van der Waals surface area contributed by atoms with Crippen molar-refractivity contribution in [2.75, 3.05) is 37.4 Å². The number of amides is 2. The van der Waals surface area contributed by atoms with Crippen LogP contribution in [0.15, 0.2) is 18.2 Å². The van der Waals surface area contributed by atoms with Crippen molar-refractivity contribution in [3.63, 3.8) is 0 Å². The van der Waals surface area contributed by atoms with Crippen LogP contribution in [0.1, 0.15) is 26.3 Å². The molecule has 1 aromatic carbocycles. The Morgan fingerprint density at radius 3 is 2.61 bits per heavy atom. The standard InChI is InChI=1S/C18H26FN2O6P/c1-4-25-28(24,26-5-2)9-8-14-6-7-15(10-17(14)19)21-12-16(27-18(21)23)11-20-13(3)22/h6-7,10,16H,4-5,8-9,11-12H2,1-3H3,(H,20,22)/t16-/m0/s1. The lowest BCUT2D eigenvalue weighted by Crippen LogP contribution is -2.33. The molecule has 8 nitrogen and oxygen atoms in total. The minimum Gasteiger partial charge on any atom is -0.442 e. The highest BCUT2D eigenvalue weighted by Gasteiger charge is 2.33. The Morgan fingerprint density at radius 2 is 2.04 bits per heavy atom. The topological polar surface area (TPSA) is 94.2 Å². The summed E-state index contributed by atoms with van der Waals surface area (Å²) < 4.78 is 42.6. The van der Waals surface area contributed by atoms with Crippen LogP contribution in [0.2, 0.25) is 0 Å². The Hall–Kier alpha value is -1.96. The second-order valence-electron chi connectivity index (χ2n) is 6.25. The lowest BCUT2D eigenvalue weighted by Gasteiger charge is -2.18. The number of benzene rings is 1. The molecule has 1 saturated heterocycles. The lowest BCUT2D eigenvalue weighted by molar-refractivity contribution is -0.119. The molecule has 0 radical (unpaired) electrons. The zero-order chi connectivity index (χ0) is 20.7. The molecule has 1 fully saturated rings. The summed E-state index contributed by atoms with van der Waals surface area (Å²) in [6.45, 7) is 5.71. The molecule has 156 valence electrons. The fourth-order valence-electron chi connectivity index (χ4n) is 2.82. The number of aryl methyl sites for hydroxylation is 1. The van der Waals surface area contributed by atoms with Crippen LogP contribution < -0.4 is 10.2 Å². The molecule has 1 N–H and O–H groups in total. The fraction of sp³-hybridized carbons (Fsp3) is 0.556. The van der Waals surface area contributed by atoms with Gasteiger partial charge in [0.25, 0.3) is 0 Å². The van der Waals surface area contributed by atoms with Crippen LogP contribution in [0, 0.1) is 5.82 Å². The maximum atomic E-state index is 14.5. The molecular weight excluding hydrogens is 390 g/mol. The number of carbonyl (C=O) groups excluding carboxylic acids is 2. The smallest absolute Gasteiger partial charge is 0.414 e. The van der Waals surface area contributed by atoms with Gasteiger partial charge in [-0.15, -0.1) is 0 Å². The summed E-state index contributed by atoms with van der Waals surface area (Å²) in [5.74, 6) is -0.739. The summed E-state index contributed by atoms with van der Waals surface area (Å²) in [6.07, 6.45) is -0.851. The molecule has 0 spiro atoms. The van der Waals surface area contributed by atoms with Crippen LogP contribution in [-0.2, 0) is 29.6 Å². The number of anilines is 1. The number of halogens is 1. The molecule has 28 heavy (non-hydrogen) atoms. The highest BCUT2D eigenvalue weighted by Crippen LogP contribution is 2.48. The summed E-state index contributed by atoms with van der Waals surface area (Å²) in [5.41, 5.74) is 0.708. The molecule has 1 aromatic rings. The first-order chi connectivity index (χ1) is 13.3. The third-order valence-corrected chi connectivity index (χ3v) is 6.18. The molecule has 0 aliphatic carbocycles. The molecule has 0 unspecified atom stereocenters. The predicted molar refractivity (Wildman–Crippen MR) is 102 cm³/mol. The van der Waals surface area contributed by atoms with Gasteiger partial charge in [-0.25, -0.2) is 9.18 Å². The second kappa shape index (κ2) is 10.0. The minimum atomic E-state index is -3.26. The van der Waals surface area contributed by atoms with E-state index < -0.39 is 25.6 Å². The zero-order valence-electron chi connectivity index (χ0n) is 16.3. The molecule has 1 atom stereocenters. The van der Waals surface area contributed by atoms with Gasteiger partial charge in [0.2, 0.25) is 5.91 Å². The number of rotatable bonds is 10. The Labute approximate surface area is 163 Å². The van der Waals surface area contributed by atoms with Crippen molar-refractivity contribution in [1.29, 1.82) is 0 Å². The van der Waals surface area contributed by atoms with Crippen LogP contribution in [0.4, 0.5) is 14.9 Å². The maximum absolute atomic E-state index is 14.5. The quantitative estimate of drug-likeness (QED) is 0.589. The van der Waals surface area contributed by atoms with Gasteiger partial charge in [0, 0.05) is 6.92 Å². The van der Waals surface area contributed by atoms with Gasteiger partial charge >= 0.3 is 13.7 Å². The molecule has 2 amide bonds. The van der Waals surface area contributed by atoms with E-state index in [-0.39, 0.29) is 44.8 Å². The van der Waals surface area contributed by atoms with Gasteiger partial charge in [-0.1, -0.05) is 6.07 Å². The van der Waals surface area contributed by atoms with E-state index in [0.717, 1.165) is 0 Å². The Bertz CT molecular complexity index is 750. The molecule has 1 aliphatic rings. The predicted octanol–water partition coefficient (Wildman–Crippen LogP) is 3.10. The van der Waals surface area contributed by atoms with Crippen molar-refractivity contribution in [3.05, 3.63) is 29.6 Å². The van der Waals surface area contributed by atoms with Crippen molar-refractivity contribution < 1.29 is 32.3 Å². The van der Waals surface area contributed by atoms with Gasteiger partial charge < -0.3 is 19.1 Å². The van der Waals surface area contributed by atoms with Gasteiger partial charge in [-0.3, -0.25) is 14.3 Å².